The van der Waals surface area contributed by atoms with Crippen LogP contribution in [0.3, 0.4) is 0 Å². The lowest BCUT2D eigenvalue weighted by atomic mass is 10.4. The van der Waals surface area contributed by atoms with Crippen LogP contribution in [0.4, 0.5) is 11.5 Å². The fourth-order valence-corrected chi connectivity index (χ4v) is 0.843. The Morgan fingerprint density at radius 2 is 2.33 bits per heavy atom. The van der Waals surface area contributed by atoms with Gasteiger partial charge in [0, 0.05) is 6.07 Å². The predicted octanol–water partition coefficient (Wildman–Crippen LogP) is -0.0380. The van der Waals surface area contributed by atoms with Gasteiger partial charge in [-0.15, -0.1) is 5.10 Å². The van der Waals surface area contributed by atoms with Crippen LogP contribution in [0.15, 0.2) is 23.4 Å². The number of hydrazone groups is 1. The summed E-state index contributed by atoms with van der Waals surface area (Å²) in [4.78, 5) is 13.5. The van der Waals surface area contributed by atoms with Crippen LogP contribution in [-0.2, 0) is 0 Å². The third kappa shape index (κ3) is 2.88. The second-order valence-corrected chi connectivity index (χ2v) is 2.72. The van der Waals surface area contributed by atoms with Crippen molar-refractivity contribution in [3.8, 4) is 0 Å². The molecule has 15 heavy (non-hydrogen) atoms. The molecule has 0 bridgehead atoms. The van der Waals surface area contributed by atoms with E-state index in [0.717, 1.165) is 11.3 Å². The molecule has 0 amide bonds. The highest BCUT2D eigenvalue weighted by Crippen LogP contribution is 2.13. The van der Waals surface area contributed by atoms with Crippen molar-refractivity contribution in [1.82, 2.24) is 4.98 Å². The molecule has 0 spiro atoms. The van der Waals surface area contributed by atoms with E-state index in [9.17, 15) is 10.1 Å². The molecule has 0 aliphatic rings. The van der Waals surface area contributed by atoms with Gasteiger partial charge in [0.1, 0.15) is 12.0 Å². The molecule has 0 fully saturated rings. The highest BCUT2D eigenvalue weighted by Gasteiger charge is 2.07. The summed E-state index contributed by atoms with van der Waals surface area (Å²) in [6.45, 7) is 1.56. The number of nitro groups is 1. The monoisotopic (exact) mass is 210 g/mol. The fraction of sp³-hybridized carbons (Fsp3) is 0.143. The first-order chi connectivity index (χ1) is 7.00. The summed E-state index contributed by atoms with van der Waals surface area (Å²) in [5.41, 5.74) is 5.19. The summed E-state index contributed by atoms with van der Waals surface area (Å²) >= 11 is 0. The highest BCUT2D eigenvalue weighted by molar-refractivity contribution is 5.78. The number of hydrogen-bond donors (Lipinski definition) is 2. The number of nitrogens with zero attached hydrogens (tertiary/aromatic N) is 4. The maximum atomic E-state index is 10.3. The number of rotatable bonds is 3. The van der Waals surface area contributed by atoms with Crippen LogP contribution in [0.1, 0.15) is 6.92 Å². The van der Waals surface area contributed by atoms with Gasteiger partial charge in [-0.25, -0.2) is 10.8 Å². The van der Waals surface area contributed by atoms with Crippen molar-refractivity contribution in [1.29, 1.82) is 0 Å². The van der Waals surface area contributed by atoms with Crippen molar-refractivity contribution in [2.24, 2.45) is 16.7 Å². The van der Waals surface area contributed by atoms with Crippen molar-refractivity contribution in [2.75, 3.05) is 5.12 Å². The molecular formula is C7H10N6O2. The summed E-state index contributed by atoms with van der Waals surface area (Å²) in [6, 6.07) is 2.66. The average Bonchev–Trinajstić information content (AvgIpc) is 2.17. The molecule has 0 aliphatic heterocycles. The lowest BCUT2D eigenvalue weighted by molar-refractivity contribution is -0.385. The third-order valence-corrected chi connectivity index (χ3v) is 1.44. The van der Waals surface area contributed by atoms with Crippen molar-refractivity contribution >= 4 is 17.3 Å². The fourth-order valence-electron chi connectivity index (χ4n) is 0.843. The van der Waals surface area contributed by atoms with E-state index in [-0.39, 0.29) is 17.3 Å². The number of anilines is 1. The van der Waals surface area contributed by atoms with Gasteiger partial charge in [0.2, 0.25) is 0 Å². The molecule has 0 aliphatic carbocycles. The highest BCUT2D eigenvalue weighted by atomic mass is 16.6. The van der Waals surface area contributed by atoms with Gasteiger partial charge >= 0.3 is 0 Å². The van der Waals surface area contributed by atoms with Crippen LogP contribution in [0.5, 0.6) is 0 Å². The molecule has 0 saturated heterocycles. The molecule has 0 atom stereocenters. The van der Waals surface area contributed by atoms with E-state index >= 15 is 0 Å². The SMILES string of the molecule is C/C(N)=N/N(N)c1ccc([N+](=O)[O-])cn1. The Kier molecular flexibility index (Phi) is 3.13. The van der Waals surface area contributed by atoms with Crippen molar-refractivity contribution < 1.29 is 4.92 Å². The molecule has 8 nitrogen and oxygen atoms in total. The minimum atomic E-state index is -0.547. The summed E-state index contributed by atoms with van der Waals surface area (Å²) in [7, 11) is 0. The molecule has 80 valence electrons. The first-order valence-electron chi connectivity index (χ1n) is 3.96. The Morgan fingerprint density at radius 3 is 2.73 bits per heavy atom. The van der Waals surface area contributed by atoms with Crippen LogP contribution in [0, 0.1) is 10.1 Å². The minimum Gasteiger partial charge on any atom is -0.386 e. The quantitative estimate of drug-likeness (QED) is 0.237. The van der Waals surface area contributed by atoms with Gasteiger partial charge in [0.25, 0.3) is 5.69 Å². The van der Waals surface area contributed by atoms with Gasteiger partial charge in [0.15, 0.2) is 5.82 Å². The second kappa shape index (κ2) is 4.33. The number of hydrazine groups is 1. The Hall–Kier alpha value is -2.22. The van der Waals surface area contributed by atoms with Gasteiger partial charge in [0.05, 0.1) is 4.92 Å². The van der Waals surface area contributed by atoms with Crippen LogP contribution in [-0.4, -0.2) is 15.7 Å². The topological polar surface area (TPSA) is 124 Å². The normalized spacial score (nSPS) is 11.2. The van der Waals surface area contributed by atoms with Gasteiger partial charge in [-0.1, -0.05) is 0 Å². The summed E-state index contributed by atoms with van der Waals surface area (Å²) in [6.07, 6.45) is 1.09. The molecule has 0 radical (unpaired) electrons. The molecule has 0 aromatic carbocycles. The first-order valence-corrected chi connectivity index (χ1v) is 3.96. The lowest BCUT2D eigenvalue weighted by Crippen LogP contribution is -2.28. The molecule has 1 aromatic heterocycles. The number of nitrogens with two attached hydrogens (primary N) is 2. The van der Waals surface area contributed by atoms with Crippen LogP contribution in [0.25, 0.3) is 0 Å². The van der Waals surface area contributed by atoms with Gasteiger partial charge < -0.3 is 5.73 Å². The predicted molar refractivity (Wildman–Crippen MR) is 54.9 cm³/mol. The Balaban J connectivity index is 2.89. The Labute approximate surface area is 85.3 Å². The summed E-state index contributed by atoms with van der Waals surface area (Å²) in [5.74, 6) is 5.99. The molecule has 4 N–H and O–H groups in total. The average molecular weight is 210 g/mol. The number of aromatic nitrogens is 1. The van der Waals surface area contributed by atoms with Crippen molar-refractivity contribution in [2.45, 2.75) is 6.92 Å². The van der Waals surface area contributed by atoms with Crippen LogP contribution in [0.2, 0.25) is 0 Å². The molecular weight excluding hydrogens is 200 g/mol. The van der Waals surface area contributed by atoms with E-state index in [2.05, 4.69) is 10.1 Å². The van der Waals surface area contributed by atoms with Crippen LogP contribution >= 0.6 is 0 Å². The summed E-state index contributed by atoms with van der Waals surface area (Å²) < 4.78 is 0. The lowest BCUT2D eigenvalue weighted by Gasteiger charge is -2.10. The van der Waals surface area contributed by atoms with E-state index in [1.807, 2.05) is 0 Å². The van der Waals surface area contributed by atoms with E-state index in [0.29, 0.717) is 0 Å². The molecule has 0 saturated carbocycles. The van der Waals surface area contributed by atoms with E-state index < -0.39 is 4.92 Å². The maximum Gasteiger partial charge on any atom is 0.287 e. The van der Waals surface area contributed by atoms with Crippen molar-refractivity contribution in [3.63, 3.8) is 0 Å². The Morgan fingerprint density at radius 1 is 1.67 bits per heavy atom. The zero-order valence-electron chi connectivity index (χ0n) is 7.99. The van der Waals surface area contributed by atoms with Gasteiger partial charge in [-0.2, -0.15) is 5.12 Å². The van der Waals surface area contributed by atoms with Gasteiger partial charge in [-0.3, -0.25) is 10.1 Å². The number of hydrogen-bond acceptors (Lipinski definition) is 6. The second-order valence-electron chi connectivity index (χ2n) is 2.72. The Bertz CT molecular complexity index is 383. The largest absolute Gasteiger partial charge is 0.386 e. The smallest absolute Gasteiger partial charge is 0.287 e. The zero-order valence-corrected chi connectivity index (χ0v) is 7.99. The summed E-state index contributed by atoms with van der Waals surface area (Å²) in [5, 5.41) is 15.0. The molecule has 1 aromatic rings. The standard InChI is InChI=1S/C7H10N6O2/c1-5(8)11-12(9)7-3-2-6(4-10-7)13(14)15/h2-4H,9H2,1H3,(H2,8,11). The van der Waals surface area contributed by atoms with E-state index in [1.165, 1.54) is 12.1 Å². The molecule has 0 unspecified atom stereocenters. The third-order valence-electron chi connectivity index (χ3n) is 1.44. The van der Waals surface area contributed by atoms with E-state index in [1.54, 1.807) is 6.92 Å². The molecule has 8 heteroatoms. The molecule has 1 heterocycles. The zero-order chi connectivity index (χ0) is 11.4. The van der Waals surface area contributed by atoms with Crippen molar-refractivity contribution in [3.05, 3.63) is 28.4 Å². The first kappa shape index (κ1) is 10.9. The number of amidine groups is 1. The molecule has 1 rings (SSSR count). The number of pyridine rings is 1. The minimum absolute atomic E-state index is 0.111. The van der Waals surface area contributed by atoms with Gasteiger partial charge in [-0.05, 0) is 13.0 Å². The van der Waals surface area contributed by atoms with E-state index in [4.69, 9.17) is 11.6 Å². The maximum absolute atomic E-state index is 10.3. The van der Waals surface area contributed by atoms with Crippen LogP contribution < -0.4 is 16.7 Å².